The Morgan fingerprint density at radius 2 is 1.89 bits per heavy atom. The first-order chi connectivity index (χ1) is 7.88. The Kier molecular flexibility index (Phi) is 6.99. The van der Waals surface area contributed by atoms with Gasteiger partial charge in [-0.15, -0.1) is 12.4 Å². The molecule has 1 rings (SSSR count). The maximum atomic E-state index is 9.98. The fraction of sp³-hybridized carbons (Fsp3) is 0.500. The summed E-state index contributed by atoms with van der Waals surface area (Å²) in [4.78, 5) is 0. The third kappa shape index (κ3) is 3.75. The molecule has 0 spiro atoms. The molecule has 0 bridgehead atoms. The first-order valence-electron chi connectivity index (χ1n) is 5.38. The van der Waals surface area contributed by atoms with Crippen LogP contribution in [0.25, 0.3) is 0 Å². The maximum Gasteiger partial charge on any atom is 0.162 e. The molecule has 0 amide bonds. The number of hydrogen-bond donors (Lipinski definition) is 3. The maximum absolute atomic E-state index is 9.98. The normalized spacial score (nSPS) is 13.9. The van der Waals surface area contributed by atoms with Crippen LogP contribution >= 0.6 is 28.3 Å². The number of benzene rings is 1. The molecule has 2 atom stereocenters. The fourth-order valence-corrected chi connectivity index (χ4v) is 2.06. The van der Waals surface area contributed by atoms with Crippen molar-refractivity contribution in [2.45, 2.75) is 26.0 Å². The van der Waals surface area contributed by atoms with Crippen LogP contribution in [0.15, 0.2) is 16.6 Å². The molecule has 1 aromatic rings. The van der Waals surface area contributed by atoms with E-state index in [1.165, 1.54) is 7.11 Å². The van der Waals surface area contributed by atoms with Crippen LogP contribution in [0.5, 0.6) is 11.5 Å². The average molecular weight is 341 g/mol. The van der Waals surface area contributed by atoms with Crippen molar-refractivity contribution in [3.63, 3.8) is 0 Å². The summed E-state index contributed by atoms with van der Waals surface area (Å²) in [6.07, 6.45) is -0.722. The van der Waals surface area contributed by atoms with Crippen molar-refractivity contribution in [3.05, 3.63) is 22.2 Å². The van der Waals surface area contributed by atoms with Gasteiger partial charge in [-0.3, -0.25) is 0 Å². The van der Waals surface area contributed by atoms with E-state index in [1.54, 1.807) is 12.1 Å². The summed E-state index contributed by atoms with van der Waals surface area (Å²) in [5, 5.41) is 19.9. The molecular formula is C12H19BrClNO3. The van der Waals surface area contributed by atoms with Gasteiger partial charge >= 0.3 is 0 Å². The van der Waals surface area contributed by atoms with Gasteiger partial charge < -0.3 is 20.7 Å². The van der Waals surface area contributed by atoms with Crippen LogP contribution in [-0.4, -0.2) is 23.4 Å². The van der Waals surface area contributed by atoms with Gasteiger partial charge in [0.05, 0.1) is 19.3 Å². The summed E-state index contributed by atoms with van der Waals surface area (Å²) in [7, 11) is 1.47. The molecule has 0 aliphatic carbocycles. The predicted octanol–water partition coefficient (Wildman–Crippen LogP) is 2.60. The monoisotopic (exact) mass is 339 g/mol. The highest BCUT2D eigenvalue weighted by atomic mass is 79.9. The molecule has 0 saturated carbocycles. The van der Waals surface area contributed by atoms with Gasteiger partial charge in [0.15, 0.2) is 11.5 Å². The number of hydrogen-bond acceptors (Lipinski definition) is 4. The SMILES string of the molecule is COc1cc(Br)cc([C@H](N)[C@H](O)C(C)C)c1O.Cl. The number of rotatable bonds is 4. The number of ether oxygens (including phenoxy) is 1. The predicted molar refractivity (Wildman–Crippen MR) is 77.4 cm³/mol. The van der Waals surface area contributed by atoms with Gasteiger partial charge in [-0.1, -0.05) is 29.8 Å². The van der Waals surface area contributed by atoms with Crippen LogP contribution in [0.2, 0.25) is 0 Å². The lowest BCUT2D eigenvalue weighted by atomic mass is 9.94. The number of aromatic hydroxyl groups is 1. The molecule has 18 heavy (non-hydrogen) atoms. The first kappa shape index (κ1) is 17.5. The topological polar surface area (TPSA) is 75.7 Å². The van der Waals surface area contributed by atoms with Crippen LogP contribution in [-0.2, 0) is 0 Å². The highest BCUT2D eigenvalue weighted by molar-refractivity contribution is 9.10. The zero-order valence-electron chi connectivity index (χ0n) is 10.6. The number of nitrogens with two attached hydrogens (primary N) is 1. The molecule has 4 N–H and O–H groups in total. The van der Waals surface area contributed by atoms with E-state index in [0.717, 1.165) is 4.47 Å². The van der Waals surface area contributed by atoms with Crippen molar-refractivity contribution in [2.24, 2.45) is 11.7 Å². The van der Waals surface area contributed by atoms with Gasteiger partial charge in [-0.05, 0) is 18.1 Å². The molecule has 6 heteroatoms. The number of aliphatic hydroxyl groups is 1. The molecular weight excluding hydrogens is 321 g/mol. The van der Waals surface area contributed by atoms with Crippen molar-refractivity contribution >= 4 is 28.3 Å². The van der Waals surface area contributed by atoms with Gasteiger partial charge in [-0.25, -0.2) is 0 Å². The molecule has 0 heterocycles. The minimum absolute atomic E-state index is 0. The largest absolute Gasteiger partial charge is 0.504 e. The van der Waals surface area contributed by atoms with Gasteiger partial charge in [-0.2, -0.15) is 0 Å². The standard InChI is InChI=1S/C12H18BrNO3.ClH/c1-6(2)11(15)10(14)8-4-7(13)5-9(17-3)12(8)16;/h4-6,10-11,15-16H,14H2,1-3H3;1H/t10-,11+;/m0./s1. The Morgan fingerprint density at radius 1 is 1.33 bits per heavy atom. The Hall–Kier alpha value is -0.490. The molecule has 0 saturated heterocycles. The van der Waals surface area contributed by atoms with Crippen LogP contribution in [0.4, 0.5) is 0 Å². The van der Waals surface area contributed by atoms with E-state index in [1.807, 2.05) is 13.8 Å². The Morgan fingerprint density at radius 3 is 2.33 bits per heavy atom. The van der Waals surface area contributed by atoms with Gasteiger partial charge in [0.25, 0.3) is 0 Å². The van der Waals surface area contributed by atoms with E-state index in [9.17, 15) is 10.2 Å². The molecule has 0 unspecified atom stereocenters. The fourth-order valence-electron chi connectivity index (χ4n) is 1.60. The highest BCUT2D eigenvalue weighted by Gasteiger charge is 2.24. The number of methoxy groups -OCH3 is 1. The minimum atomic E-state index is -0.722. The second-order valence-electron chi connectivity index (χ2n) is 4.31. The van der Waals surface area contributed by atoms with E-state index in [-0.39, 0.29) is 24.1 Å². The second kappa shape index (κ2) is 7.19. The molecule has 0 radical (unpaired) electrons. The molecule has 0 aliphatic heterocycles. The van der Waals surface area contributed by atoms with Crippen LogP contribution in [0.3, 0.4) is 0 Å². The lowest BCUT2D eigenvalue weighted by Gasteiger charge is -2.24. The van der Waals surface area contributed by atoms with Gasteiger partial charge in [0.2, 0.25) is 0 Å². The first-order valence-corrected chi connectivity index (χ1v) is 6.17. The lowest BCUT2D eigenvalue weighted by Crippen LogP contribution is -2.30. The van der Waals surface area contributed by atoms with Crippen molar-refractivity contribution in [3.8, 4) is 11.5 Å². The summed E-state index contributed by atoms with van der Waals surface area (Å²) in [5.41, 5.74) is 6.42. The minimum Gasteiger partial charge on any atom is -0.504 e. The van der Waals surface area contributed by atoms with Gasteiger partial charge in [0.1, 0.15) is 0 Å². The quantitative estimate of drug-likeness (QED) is 0.787. The molecule has 1 aromatic carbocycles. The third-order valence-corrected chi connectivity index (χ3v) is 3.16. The summed E-state index contributed by atoms with van der Waals surface area (Å²) < 4.78 is 5.78. The summed E-state index contributed by atoms with van der Waals surface area (Å²) in [6.45, 7) is 3.74. The summed E-state index contributed by atoms with van der Waals surface area (Å²) in [5.74, 6) is 0.318. The van der Waals surface area contributed by atoms with E-state index in [0.29, 0.717) is 11.3 Å². The zero-order valence-corrected chi connectivity index (χ0v) is 13.0. The molecule has 0 aliphatic rings. The Labute approximate surface area is 122 Å². The Bertz CT molecular complexity index is 401. The van der Waals surface area contributed by atoms with Crippen molar-refractivity contribution in [2.75, 3.05) is 7.11 Å². The van der Waals surface area contributed by atoms with E-state index in [4.69, 9.17) is 10.5 Å². The number of phenolic OH excluding ortho intramolecular Hbond substituents is 1. The summed E-state index contributed by atoms with van der Waals surface area (Å²) in [6, 6.07) is 2.68. The molecule has 0 fully saturated rings. The van der Waals surface area contributed by atoms with Crippen molar-refractivity contribution < 1.29 is 14.9 Å². The molecule has 4 nitrogen and oxygen atoms in total. The number of phenols is 1. The second-order valence-corrected chi connectivity index (χ2v) is 5.22. The third-order valence-electron chi connectivity index (χ3n) is 2.70. The zero-order chi connectivity index (χ0) is 13.2. The van der Waals surface area contributed by atoms with E-state index in [2.05, 4.69) is 15.9 Å². The average Bonchev–Trinajstić information content (AvgIpc) is 2.29. The van der Waals surface area contributed by atoms with Gasteiger partial charge in [0, 0.05) is 10.0 Å². The number of aliphatic hydroxyl groups excluding tert-OH is 1. The van der Waals surface area contributed by atoms with E-state index < -0.39 is 12.1 Å². The van der Waals surface area contributed by atoms with Crippen molar-refractivity contribution in [1.29, 1.82) is 0 Å². The van der Waals surface area contributed by atoms with Crippen LogP contribution in [0.1, 0.15) is 25.5 Å². The number of halogens is 2. The smallest absolute Gasteiger partial charge is 0.162 e. The lowest BCUT2D eigenvalue weighted by molar-refractivity contribution is 0.0968. The van der Waals surface area contributed by atoms with E-state index >= 15 is 0 Å². The summed E-state index contributed by atoms with van der Waals surface area (Å²) >= 11 is 3.31. The highest BCUT2D eigenvalue weighted by Crippen LogP contribution is 2.37. The van der Waals surface area contributed by atoms with Crippen LogP contribution in [0, 0.1) is 5.92 Å². The Balaban J connectivity index is 0.00000289. The van der Waals surface area contributed by atoms with Crippen molar-refractivity contribution in [1.82, 2.24) is 0 Å². The van der Waals surface area contributed by atoms with Crippen LogP contribution < -0.4 is 10.5 Å². The molecule has 0 aromatic heterocycles. The molecule has 104 valence electrons.